The predicted octanol–water partition coefficient (Wildman–Crippen LogP) is 1.44. The Bertz CT molecular complexity index is 560. The Balaban J connectivity index is 1.70. The summed E-state index contributed by atoms with van der Waals surface area (Å²) < 4.78 is 1.76. The lowest BCUT2D eigenvalue weighted by Crippen LogP contribution is -2.44. The summed E-state index contributed by atoms with van der Waals surface area (Å²) in [5.74, 6) is 0.0464. The summed E-state index contributed by atoms with van der Waals surface area (Å²) >= 11 is 0. The van der Waals surface area contributed by atoms with Crippen molar-refractivity contribution < 1.29 is 9.59 Å². The van der Waals surface area contributed by atoms with Gasteiger partial charge in [0.1, 0.15) is 5.69 Å². The maximum Gasteiger partial charge on any atom is 0.270 e. The second-order valence-corrected chi connectivity index (χ2v) is 6.50. The average Bonchev–Trinajstić information content (AvgIpc) is 3.06. The monoisotopic (exact) mass is 289 g/mol. The molecule has 1 aromatic heterocycles. The van der Waals surface area contributed by atoms with E-state index in [9.17, 15) is 9.59 Å². The lowest BCUT2D eigenvalue weighted by molar-refractivity contribution is 0.0598. The van der Waals surface area contributed by atoms with E-state index in [2.05, 4.69) is 5.32 Å². The van der Waals surface area contributed by atoms with Crippen molar-refractivity contribution in [1.29, 1.82) is 0 Å². The molecule has 2 aliphatic heterocycles. The van der Waals surface area contributed by atoms with Gasteiger partial charge in [-0.1, -0.05) is 0 Å². The zero-order valence-electron chi connectivity index (χ0n) is 12.8. The molecular weight excluding hydrogens is 266 g/mol. The van der Waals surface area contributed by atoms with Crippen LogP contribution in [0.5, 0.6) is 0 Å². The van der Waals surface area contributed by atoms with E-state index >= 15 is 0 Å². The molecule has 0 unspecified atom stereocenters. The first-order valence-electron chi connectivity index (χ1n) is 7.68. The molecule has 1 aromatic rings. The first kappa shape index (κ1) is 14.3. The average molecular weight is 289 g/mol. The highest BCUT2D eigenvalue weighted by Crippen LogP contribution is 2.37. The molecule has 2 aliphatic rings. The molecule has 1 N–H and O–H groups in total. The highest BCUT2D eigenvalue weighted by atomic mass is 16.2. The van der Waals surface area contributed by atoms with Crippen molar-refractivity contribution in [2.45, 2.75) is 26.2 Å². The summed E-state index contributed by atoms with van der Waals surface area (Å²) in [6.45, 7) is 5.37. The summed E-state index contributed by atoms with van der Waals surface area (Å²) in [4.78, 5) is 26.0. The van der Waals surface area contributed by atoms with Crippen LogP contribution in [-0.2, 0) is 7.05 Å². The van der Waals surface area contributed by atoms with Crippen molar-refractivity contribution in [3.05, 3.63) is 23.5 Å². The van der Waals surface area contributed by atoms with Gasteiger partial charge in [0.05, 0.1) is 0 Å². The number of nitrogens with zero attached hydrogens (tertiary/aromatic N) is 2. The second kappa shape index (κ2) is 5.30. The molecule has 1 spiro atoms. The van der Waals surface area contributed by atoms with Crippen LogP contribution in [0.3, 0.4) is 0 Å². The van der Waals surface area contributed by atoms with Gasteiger partial charge in [-0.3, -0.25) is 9.59 Å². The quantitative estimate of drug-likeness (QED) is 0.838. The van der Waals surface area contributed by atoms with Crippen molar-refractivity contribution in [3.63, 3.8) is 0 Å². The summed E-state index contributed by atoms with van der Waals surface area (Å²) in [6, 6.07) is 1.71. The zero-order valence-corrected chi connectivity index (χ0v) is 12.8. The first-order chi connectivity index (χ1) is 10.0. The van der Waals surface area contributed by atoms with Crippen LogP contribution in [0, 0.1) is 5.41 Å². The molecule has 0 radical (unpaired) electrons. The van der Waals surface area contributed by atoms with E-state index in [4.69, 9.17) is 0 Å². The standard InChI is InChI=1S/C16H23N3O2/c1-12(20)13-9-14(18(2)10-13)15(21)19-7-4-16(5-8-19)3-6-17-11-16/h9-10,17H,3-8,11H2,1-2H3. The molecule has 5 nitrogen and oxygen atoms in total. The Kier molecular flexibility index (Phi) is 3.61. The number of hydrogen-bond acceptors (Lipinski definition) is 3. The number of aromatic nitrogens is 1. The second-order valence-electron chi connectivity index (χ2n) is 6.50. The van der Waals surface area contributed by atoms with Gasteiger partial charge in [0, 0.05) is 38.4 Å². The molecule has 114 valence electrons. The Morgan fingerprint density at radius 2 is 1.95 bits per heavy atom. The summed E-state index contributed by atoms with van der Waals surface area (Å²) in [6.07, 6.45) is 5.13. The number of ketones is 1. The molecular formula is C16H23N3O2. The smallest absolute Gasteiger partial charge is 0.270 e. The maximum atomic E-state index is 12.6. The largest absolute Gasteiger partial charge is 0.346 e. The number of aryl methyl sites for hydroxylation is 1. The van der Waals surface area contributed by atoms with Crippen molar-refractivity contribution in [3.8, 4) is 0 Å². The van der Waals surface area contributed by atoms with E-state index in [1.54, 1.807) is 16.8 Å². The van der Waals surface area contributed by atoms with Crippen LogP contribution in [0.15, 0.2) is 12.3 Å². The Labute approximate surface area is 125 Å². The zero-order chi connectivity index (χ0) is 15.0. The minimum Gasteiger partial charge on any atom is -0.346 e. The first-order valence-corrected chi connectivity index (χ1v) is 7.68. The van der Waals surface area contributed by atoms with Crippen molar-refractivity contribution in [2.24, 2.45) is 12.5 Å². The molecule has 5 heteroatoms. The van der Waals surface area contributed by atoms with Gasteiger partial charge < -0.3 is 14.8 Å². The number of Topliss-reactive ketones (excluding diaryl/α,β-unsaturated/α-hetero) is 1. The Hall–Kier alpha value is -1.62. The van der Waals surface area contributed by atoms with E-state index in [1.165, 1.54) is 13.3 Å². The number of piperidine rings is 1. The van der Waals surface area contributed by atoms with Gasteiger partial charge in [-0.2, -0.15) is 0 Å². The van der Waals surface area contributed by atoms with Gasteiger partial charge in [-0.05, 0) is 44.2 Å². The van der Waals surface area contributed by atoms with E-state index in [1.807, 2.05) is 11.9 Å². The number of nitrogens with one attached hydrogen (secondary N) is 1. The van der Waals surface area contributed by atoms with Crippen molar-refractivity contribution in [2.75, 3.05) is 26.2 Å². The number of hydrogen-bond donors (Lipinski definition) is 1. The van der Waals surface area contributed by atoms with Gasteiger partial charge in [0.25, 0.3) is 5.91 Å². The van der Waals surface area contributed by atoms with E-state index < -0.39 is 0 Å². The number of rotatable bonds is 2. The van der Waals surface area contributed by atoms with Gasteiger partial charge >= 0.3 is 0 Å². The highest BCUT2D eigenvalue weighted by Gasteiger charge is 2.38. The summed E-state index contributed by atoms with van der Waals surface area (Å²) in [7, 11) is 1.83. The molecule has 0 saturated carbocycles. The molecule has 0 aliphatic carbocycles. The van der Waals surface area contributed by atoms with Crippen molar-refractivity contribution in [1.82, 2.24) is 14.8 Å². The molecule has 3 heterocycles. The Morgan fingerprint density at radius 1 is 1.24 bits per heavy atom. The fourth-order valence-corrected chi connectivity index (χ4v) is 3.54. The van der Waals surface area contributed by atoms with Crippen LogP contribution in [0.2, 0.25) is 0 Å². The predicted molar refractivity (Wildman–Crippen MR) is 80.5 cm³/mol. The molecule has 2 saturated heterocycles. The summed E-state index contributed by atoms with van der Waals surface area (Å²) in [5, 5.41) is 3.44. The van der Waals surface area contributed by atoms with Gasteiger partial charge in [-0.15, -0.1) is 0 Å². The van der Waals surface area contributed by atoms with Gasteiger partial charge in [-0.25, -0.2) is 0 Å². The molecule has 21 heavy (non-hydrogen) atoms. The lowest BCUT2D eigenvalue weighted by Gasteiger charge is -2.38. The van der Waals surface area contributed by atoms with Crippen LogP contribution in [0.4, 0.5) is 0 Å². The van der Waals surface area contributed by atoms with Crippen LogP contribution in [0.1, 0.15) is 47.0 Å². The highest BCUT2D eigenvalue weighted by molar-refractivity contribution is 5.99. The normalized spacial score (nSPS) is 21.0. The third-order valence-corrected chi connectivity index (χ3v) is 5.07. The van der Waals surface area contributed by atoms with Crippen LogP contribution in [-0.4, -0.2) is 47.3 Å². The SMILES string of the molecule is CC(=O)c1cc(C(=O)N2CCC3(CCNC3)CC2)n(C)c1. The minimum atomic E-state index is -0.000669. The topological polar surface area (TPSA) is 54.3 Å². The fraction of sp³-hybridized carbons (Fsp3) is 0.625. The van der Waals surface area contributed by atoms with E-state index in [0.717, 1.165) is 39.0 Å². The number of carbonyl (C=O) groups excluding carboxylic acids is 2. The summed E-state index contributed by atoms with van der Waals surface area (Å²) in [5.41, 5.74) is 1.63. The third-order valence-electron chi connectivity index (χ3n) is 5.07. The number of likely N-dealkylation sites (tertiary alicyclic amines) is 1. The molecule has 2 fully saturated rings. The van der Waals surface area contributed by atoms with Crippen LogP contribution >= 0.6 is 0 Å². The van der Waals surface area contributed by atoms with Gasteiger partial charge in [0.2, 0.25) is 0 Å². The number of carbonyl (C=O) groups is 2. The van der Waals surface area contributed by atoms with Crippen LogP contribution < -0.4 is 5.32 Å². The van der Waals surface area contributed by atoms with Crippen molar-refractivity contribution >= 4 is 11.7 Å². The molecule has 1 amide bonds. The fourth-order valence-electron chi connectivity index (χ4n) is 3.54. The molecule has 3 rings (SSSR count). The molecule has 0 bridgehead atoms. The Morgan fingerprint density at radius 3 is 2.48 bits per heavy atom. The third kappa shape index (κ3) is 2.62. The van der Waals surface area contributed by atoms with Crippen LogP contribution in [0.25, 0.3) is 0 Å². The molecule has 0 aromatic carbocycles. The molecule has 0 atom stereocenters. The van der Waals surface area contributed by atoms with E-state index in [0.29, 0.717) is 16.7 Å². The maximum absolute atomic E-state index is 12.6. The van der Waals surface area contributed by atoms with Gasteiger partial charge in [0.15, 0.2) is 5.78 Å². The lowest BCUT2D eigenvalue weighted by atomic mass is 9.78. The minimum absolute atomic E-state index is 0.000669. The van der Waals surface area contributed by atoms with E-state index in [-0.39, 0.29) is 11.7 Å². The number of amides is 1.